The van der Waals surface area contributed by atoms with Gasteiger partial charge in [0.05, 0.1) is 6.04 Å². The molecule has 0 saturated carbocycles. The molecule has 1 atom stereocenters. The van der Waals surface area contributed by atoms with Gasteiger partial charge in [0.2, 0.25) is 5.88 Å². The number of nitrogens with zero attached hydrogens (tertiary/aromatic N) is 2. The summed E-state index contributed by atoms with van der Waals surface area (Å²) >= 11 is 1.39. The molecule has 0 radical (unpaired) electrons. The van der Waals surface area contributed by atoms with Crippen molar-refractivity contribution in [2.24, 2.45) is 0 Å². The predicted octanol–water partition coefficient (Wildman–Crippen LogP) is 2.97. The maximum absolute atomic E-state index is 12.1. The number of hydrogen-bond acceptors (Lipinski definition) is 5. The van der Waals surface area contributed by atoms with Crippen LogP contribution in [0.2, 0.25) is 0 Å². The third-order valence-electron chi connectivity index (χ3n) is 2.51. The van der Waals surface area contributed by atoms with Crippen molar-refractivity contribution in [1.29, 1.82) is 0 Å². The summed E-state index contributed by atoms with van der Waals surface area (Å²) in [6.07, 6.45) is -2.84. The minimum absolute atomic E-state index is 0.0249. The van der Waals surface area contributed by atoms with E-state index in [-0.39, 0.29) is 17.6 Å². The topological polar surface area (TPSA) is 64.1 Å². The van der Waals surface area contributed by atoms with Gasteiger partial charge in [-0.25, -0.2) is 9.97 Å². The van der Waals surface area contributed by atoms with Crippen LogP contribution in [0.1, 0.15) is 28.5 Å². The van der Waals surface area contributed by atoms with Gasteiger partial charge < -0.3 is 10.1 Å². The average Bonchev–Trinajstić information content (AvgIpc) is 2.99. The number of aromatic nitrogens is 2. The van der Waals surface area contributed by atoms with Crippen molar-refractivity contribution >= 4 is 17.2 Å². The summed E-state index contributed by atoms with van der Waals surface area (Å²) < 4.78 is 40.8. The fourth-order valence-corrected chi connectivity index (χ4v) is 2.20. The first kappa shape index (κ1) is 16.2. The number of thiazole rings is 1. The van der Waals surface area contributed by atoms with Gasteiger partial charge in [-0.2, -0.15) is 13.2 Å². The summed E-state index contributed by atoms with van der Waals surface area (Å²) in [5.41, 5.74) is -0.0249. The summed E-state index contributed by atoms with van der Waals surface area (Å²) in [6, 6.07) is 3.73. The Balaban J connectivity index is 2.01. The minimum atomic E-state index is -4.46. The van der Waals surface area contributed by atoms with Crippen LogP contribution < -0.4 is 10.1 Å². The summed E-state index contributed by atoms with van der Waals surface area (Å²) in [7, 11) is 0. The number of pyridine rings is 1. The van der Waals surface area contributed by atoms with Crippen molar-refractivity contribution in [3.63, 3.8) is 0 Å². The number of halogens is 3. The van der Waals surface area contributed by atoms with Crippen LogP contribution in [0.15, 0.2) is 29.8 Å². The van der Waals surface area contributed by atoms with E-state index in [4.69, 9.17) is 0 Å². The van der Waals surface area contributed by atoms with Crippen molar-refractivity contribution in [2.75, 3.05) is 6.61 Å². The van der Waals surface area contributed by atoms with E-state index in [9.17, 15) is 18.0 Å². The average molecular weight is 331 g/mol. The van der Waals surface area contributed by atoms with Gasteiger partial charge in [0, 0.05) is 17.6 Å². The lowest BCUT2D eigenvalue weighted by Crippen LogP contribution is -2.27. The lowest BCUT2D eigenvalue weighted by molar-refractivity contribution is -0.154. The third kappa shape index (κ3) is 4.69. The van der Waals surface area contributed by atoms with Gasteiger partial charge in [-0.05, 0) is 13.0 Å². The van der Waals surface area contributed by atoms with E-state index in [1.54, 1.807) is 18.5 Å². The van der Waals surface area contributed by atoms with Gasteiger partial charge in [-0.1, -0.05) is 6.07 Å². The number of hydrogen-bond donors (Lipinski definition) is 1. The van der Waals surface area contributed by atoms with Crippen LogP contribution in [-0.4, -0.2) is 28.7 Å². The second-order valence-corrected chi connectivity index (χ2v) is 5.26. The highest BCUT2D eigenvalue weighted by molar-refractivity contribution is 7.09. The number of nitrogens with one attached hydrogen (secondary N) is 1. The maximum Gasteiger partial charge on any atom is 0.422 e. The summed E-state index contributed by atoms with van der Waals surface area (Å²) in [5, 5.41) is 5.17. The number of alkyl halides is 3. The van der Waals surface area contributed by atoms with Gasteiger partial charge in [0.1, 0.15) is 10.7 Å². The van der Waals surface area contributed by atoms with Crippen LogP contribution in [-0.2, 0) is 0 Å². The van der Waals surface area contributed by atoms with Gasteiger partial charge in [0.15, 0.2) is 6.61 Å². The molecule has 2 heterocycles. The second-order valence-electron chi connectivity index (χ2n) is 4.33. The molecule has 5 nitrogen and oxygen atoms in total. The zero-order valence-corrected chi connectivity index (χ0v) is 12.2. The molecular weight excluding hydrogens is 319 g/mol. The largest absolute Gasteiger partial charge is 0.468 e. The molecule has 0 aromatic carbocycles. The Labute approximate surface area is 128 Å². The van der Waals surface area contributed by atoms with E-state index in [0.717, 1.165) is 5.01 Å². The molecule has 0 unspecified atom stereocenters. The summed E-state index contributed by atoms with van der Waals surface area (Å²) in [5.74, 6) is -0.771. The fourth-order valence-electron chi connectivity index (χ4n) is 1.56. The van der Waals surface area contributed by atoms with Gasteiger partial charge >= 0.3 is 6.18 Å². The SMILES string of the molecule is C[C@@H](NC(=O)c1cccc(OCC(F)(F)F)n1)c1nccs1. The molecule has 2 aromatic rings. The van der Waals surface area contributed by atoms with Crippen LogP contribution in [0, 0.1) is 0 Å². The fraction of sp³-hybridized carbons (Fsp3) is 0.308. The molecule has 22 heavy (non-hydrogen) atoms. The van der Waals surface area contributed by atoms with E-state index in [2.05, 4.69) is 20.0 Å². The van der Waals surface area contributed by atoms with Crippen LogP contribution >= 0.6 is 11.3 Å². The van der Waals surface area contributed by atoms with Crippen LogP contribution in [0.5, 0.6) is 5.88 Å². The molecule has 118 valence electrons. The van der Waals surface area contributed by atoms with E-state index >= 15 is 0 Å². The molecule has 2 aromatic heterocycles. The molecule has 1 amide bonds. The maximum atomic E-state index is 12.1. The van der Waals surface area contributed by atoms with Crippen molar-refractivity contribution in [2.45, 2.75) is 19.1 Å². The standard InChI is InChI=1S/C13H12F3N3O2S/c1-8(12-17-5-6-22-12)18-11(20)9-3-2-4-10(19-9)21-7-13(14,15)16/h2-6,8H,7H2,1H3,(H,18,20)/t8-/m1/s1. The lowest BCUT2D eigenvalue weighted by Gasteiger charge is -2.12. The Kier molecular flexibility index (Phi) is 4.96. The monoisotopic (exact) mass is 331 g/mol. The first-order valence-corrected chi connectivity index (χ1v) is 7.10. The number of carbonyl (C=O) groups excluding carboxylic acids is 1. The molecule has 0 spiro atoms. The third-order valence-corrected chi connectivity index (χ3v) is 3.47. The number of ether oxygens (including phenoxy) is 1. The second kappa shape index (κ2) is 6.73. The Morgan fingerprint density at radius 3 is 2.86 bits per heavy atom. The summed E-state index contributed by atoms with van der Waals surface area (Å²) in [6.45, 7) is 0.293. The first-order valence-electron chi connectivity index (χ1n) is 6.22. The van der Waals surface area contributed by atoms with E-state index in [1.807, 2.05) is 0 Å². The van der Waals surface area contributed by atoms with Crippen molar-refractivity contribution < 1.29 is 22.7 Å². The molecule has 0 aliphatic carbocycles. The predicted molar refractivity (Wildman–Crippen MR) is 73.8 cm³/mol. The molecule has 2 rings (SSSR count). The minimum Gasteiger partial charge on any atom is -0.468 e. The van der Waals surface area contributed by atoms with Crippen LogP contribution in [0.25, 0.3) is 0 Å². The van der Waals surface area contributed by atoms with Gasteiger partial charge in [0.25, 0.3) is 5.91 Å². The van der Waals surface area contributed by atoms with Crippen molar-refractivity contribution in [3.8, 4) is 5.88 Å². The zero-order valence-electron chi connectivity index (χ0n) is 11.4. The summed E-state index contributed by atoms with van der Waals surface area (Å²) in [4.78, 5) is 19.9. The molecule has 0 saturated heterocycles. The zero-order chi connectivity index (χ0) is 16.2. The van der Waals surface area contributed by atoms with Crippen LogP contribution in [0.3, 0.4) is 0 Å². The molecular formula is C13H12F3N3O2S. The Bertz CT molecular complexity index is 632. The first-order chi connectivity index (χ1) is 10.3. The smallest absolute Gasteiger partial charge is 0.422 e. The Hall–Kier alpha value is -2.16. The Morgan fingerprint density at radius 2 is 2.23 bits per heavy atom. The van der Waals surface area contributed by atoms with E-state index in [0.29, 0.717) is 0 Å². The highest BCUT2D eigenvalue weighted by Crippen LogP contribution is 2.18. The van der Waals surface area contributed by atoms with Crippen LogP contribution in [0.4, 0.5) is 13.2 Å². The normalized spacial score (nSPS) is 12.7. The molecule has 1 N–H and O–H groups in total. The Morgan fingerprint density at radius 1 is 1.45 bits per heavy atom. The number of amides is 1. The molecule has 0 aliphatic rings. The van der Waals surface area contributed by atoms with Gasteiger partial charge in [-0.15, -0.1) is 11.3 Å². The molecule has 0 fully saturated rings. The highest BCUT2D eigenvalue weighted by Gasteiger charge is 2.28. The van der Waals surface area contributed by atoms with E-state index in [1.165, 1.54) is 29.5 Å². The molecule has 0 bridgehead atoms. The number of carbonyl (C=O) groups is 1. The number of rotatable bonds is 5. The van der Waals surface area contributed by atoms with E-state index < -0.39 is 18.7 Å². The van der Waals surface area contributed by atoms with Gasteiger partial charge in [-0.3, -0.25) is 4.79 Å². The molecule has 0 aliphatic heterocycles. The lowest BCUT2D eigenvalue weighted by atomic mass is 10.3. The molecule has 9 heteroatoms. The van der Waals surface area contributed by atoms with Crippen molar-refractivity contribution in [1.82, 2.24) is 15.3 Å². The quantitative estimate of drug-likeness (QED) is 0.915. The highest BCUT2D eigenvalue weighted by atomic mass is 32.1. The van der Waals surface area contributed by atoms with Crippen molar-refractivity contribution in [3.05, 3.63) is 40.5 Å².